The number of carbonyl (C=O) groups is 1. The first-order chi connectivity index (χ1) is 6.77. The second-order valence-corrected chi connectivity index (χ2v) is 3.57. The number of hydrogen-bond donors (Lipinski definition) is 1. The first kappa shape index (κ1) is 10.7. The highest BCUT2D eigenvalue weighted by molar-refractivity contribution is 7.07. The number of terminal acetylenes is 1. The van der Waals surface area contributed by atoms with E-state index in [1.165, 1.54) is 11.3 Å². The molecule has 1 rings (SSSR count). The van der Waals surface area contributed by atoms with Gasteiger partial charge in [-0.3, -0.25) is 4.79 Å². The highest BCUT2D eigenvalue weighted by Gasteiger charge is 2.11. The standard InChI is InChI=1S/C10H12N2OS/c1-3-5-8(4-2)12-10(13)9-6-14-7-11-9/h2,6-8H,3,5H2,1H3,(H,12,13). The molecule has 1 amide bonds. The van der Waals surface area contributed by atoms with E-state index in [-0.39, 0.29) is 11.9 Å². The molecule has 1 N–H and O–H groups in total. The van der Waals surface area contributed by atoms with Crippen LogP contribution in [0.15, 0.2) is 10.9 Å². The molecule has 1 aromatic heterocycles. The summed E-state index contributed by atoms with van der Waals surface area (Å²) >= 11 is 1.39. The Morgan fingerprint density at radius 2 is 2.64 bits per heavy atom. The minimum atomic E-state index is -0.192. The van der Waals surface area contributed by atoms with Crippen LogP contribution in [-0.4, -0.2) is 16.9 Å². The van der Waals surface area contributed by atoms with Crippen LogP contribution >= 0.6 is 11.3 Å². The van der Waals surface area contributed by atoms with Crippen molar-refractivity contribution < 1.29 is 4.79 Å². The lowest BCUT2D eigenvalue weighted by molar-refractivity contribution is 0.0940. The molecule has 0 saturated carbocycles. The van der Waals surface area contributed by atoms with E-state index in [9.17, 15) is 4.79 Å². The normalized spacial score (nSPS) is 11.7. The van der Waals surface area contributed by atoms with Gasteiger partial charge in [0.2, 0.25) is 0 Å². The largest absolute Gasteiger partial charge is 0.337 e. The minimum absolute atomic E-state index is 0.186. The number of nitrogens with zero attached hydrogens (tertiary/aromatic N) is 1. The Balaban J connectivity index is 2.52. The van der Waals surface area contributed by atoms with Gasteiger partial charge in [-0.1, -0.05) is 19.3 Å². The summed E-state index contributed by atoms with van der Waals surface area (Å²) in [5.41, 5.74) is 2.06. The number of aromatic nitrogens is 1. The van der Waals surface area contributed by atoms with Crippen molar-refractivity contribution in [3.05, 3.63) is 16.6 Å². The Morgan fingerprint density at radius 3 is 3.14 bits per heavy atom. The molecule has 4 heteroatoms. The summed E-state index contributed by atoms with van der Waals surface area (Å²) in [4.78, 5) is 15.4. The smallest absolute Gasteiger partial charge is 0.271 e. The molecule has 74 valence electrons. The molecule has 0 aliphatic rings. The molecule has 1 aromatic rings. The van der Waals surface area contributed by atoms with E-state index in [0.29, 0.717) is 5.69 Å². The molecule has 0 saturated heterocycles. The molecule has 0 radical (unpaired) electrons. The van der Waals surface area contributed by atoms with Gasteiger partial charge in [-0.25, -0.2) is 4.98 Å². The molecule has 0 aliphatic carbocycles. The fourth-order valence-electron chi connectivity index (χ4n) is 1.04. The van der Waals surface area contributed by atoms with Crippen LogP contribution in [0.4, 0.5) is 0 Å². The van der Waals surface area contributed by atoms with Gasteiger partial charge in [-0.05, 0) is 6.42 Å². The lowest BCUT2D eigenvalue weighted by Gasteiger charge is -2.10. The number of rotatable bonds is 4. The van der Waals surface area contributed by atoms with Gasteiger partial charge in [0.05, 0.1) is 11.6 Å². The zero-order chi connectivity index (χ0) is 10.4. The molecule has 1 unspecified atom stereocenters. The topological polar surface area (TPSA) is 42.0 Å². The molecule has 14 heavy (non-hydrogen) atoms. The minimum Gasteiger partial charge on any atom is -0.337 e. The fraction of sp³-hybridized carbons (Fsp3) is 0.400. The second-order valence-electron chi connectivity index (χ2n) is 2.86. The summed E-state index contributed by atoms with van der Waals surface area (Å²) < 4.78 is 0. The van der Waals surface area contributed by atoms with E-state index in [1.54, 1.807) is 10.9 Å². The Labute approximate surface area is 87.6 Å². The molecule has 0 aliphatic heterocycles. The zero-order valence-electron chi connectivity index (χ0n) is 7.99. The van der Waals surface area contributed by atoms with Crippen molar-refractivity contribution >= 4 is 17.2 Å². The number of nitrogens with one attached hydrogen (secondary N) is 1. The van der Waals surface area contributed by atoms with Gasteiger partial charge in [0, 0.05) is 5.38 Å². The number of thiazole rings is 1. The second kappa shape index (κ2) is 5.40. The summed E-state index contributed by atoms with van der Waals surface area (Å²) in [5, 5.41) is 4.44. The van der Waals surface area contributed by atoms with Gasteiger partial charge in [0.15, 0.2) is 0 Å². The number of carbonyl (C=O) groups excluding carboxylic acids is 1. The Hall–Kier alpha value is -1.34. The molecule has 1 heterocycles. The first-order valence-electron chi connectivity index (χ1n) is 4.43. The van der Waals surface area contributed by atoms with Crippen LogP contribution < -0.4 is 5.32 Å². The van der Waals surface area contributed by atoms with Crippen LogP contribution in [0.2, 0.25) is 0 Å². The third kappa shape index (κ3) is 2.86. The highest BCUT2D eigenvalue weighted by atomic mass is 32.1. The van der Waals surface area contributed by atoms with Crippen molar-refractivity contribution in [3.8, 4) is 12.3 Å². The fourth-order valence-corrected chi connectivity index (χ4v) is 1.57. The maximum absolute atomic E-state index is 11.5. The lowest BCUT2D eigenvalue weighted by atomic mass is 10.2. The molecule has 0 spiro atoms. The predicted octanol–water partition coefficient (Wildman–Crippen LogP) is 1.67. The van der Waals surface area contributed by atoms with Gasteiger partial charge in [0.25, 0.3) is 5.91 Å². The quantitative estimate of drug-likeness (QED) is 0.765. The van der Waals surface area contributed by atoms with E-state index < -0.39 is 0 Å². The van der Waals surface area contributed by atoms with Crippen LogP contribution in [-0.2, 0) is 0 Å². The van der Waals surface area contributed by atoms with E-state index in [4.69, 9.17) is 6.42 Å². The van der Waals surface area contributed by atoms with Crippen LogP contribution in [0.3, 0.4) is 0 Å². The zero-order valence-corrected chi connectivity index (χ0v) is 8.80. The van der Waals surface area contributed by atoms with E-state index in [0.717, 1.165) is 12.8 Å². The van der Waals surface area contributed by atoms with E-state index in [1.807, 2.05) is 6.92 Å². The number of hydrogen-bond acceptors (Lipinski definition) is 3. The van der Waals surface area contributed by atoms with Gasteiger partial charge < -0.3 is 5.32 Å². The molecule has 0 bridgehead atoms. The highest BCUT2D eigenvalue weighted by Crippen LogP contribution is 2.02. The van der Waals surface area contributed by atoms with Crippen LogP contribution in [0.5, 0.6) is 0 Å². The Kier molecular flexibility index (Phi) is 4.14. The summed E-state index contributed by atoms with van der Waals surface area (Å²) in [6.07, 6.45) is 7.03. The van der Waals surface area contributed by atoms with Crippen LogP contribution in [0.1, 0.15) is 30.3 Å². The molecule has 0 fully saturated rings. The van der Waals surface area contributed by atoms with Gasteiger partial charge in [-0.15, -0.1) is 17.8 Å². The molecule has 3 nitrogen and oxygen atoms in total. The first-order valence-corrected chi connectivity index (χ1v) is 5.37. The molecule has 0 aromatic carbocycles. The third-order valence-electron chi connectivity index (χ3n) is 1.75. The van der Waals surface area contributed by atoms with Crippen LogP contribution in [0, 0.1) is 12.3 Å². The van der Waals surface area contributed by atoms with Gasteiger partial charge in [0.1, 0.15) is 5.69 Å². The van der Waals surface area contributed by atoms with Crippen LogP contribution in [0.25, 0.3) is 0 Å². The summed E-state index contributed by atoms with van der Waals surface area (Å²) in [7, 11) is 0. The van der Waals surface area contributed by atoms with Crippen molar-refractivity contribution in [2.75, 3.05) is 0 Å². The maximum Gasteiger partial charge on any atom is 0.271 e. The Morgan fingerprint density at radius 1 is 1.86 bits per heavy atom. The van der Waals surface area contributed by atoms with Crippen molar-refractivity contribution in [3.63, 3.8) is 0 Å². The Bertz CT molecular complexity index is 326. The monoisotopic (exact) mass is 208 g/mol. The van der Waals surface area contributed by atoms with E-state index >= 15 is 0 Å². The lowest BCUT2D eigenvalue weighted by Crippen LogP contribution is -2.33. The van der Waals surface area contributed by atoms with Crippen molar-refractivity contribution in [1.29, 1.82) is 0 Å². The van der Waals surface area contributed by atoms with Crippen molar-refractivity contribution in [2.24, 2.45) is 0 Å². The third-order valence-corrected chi connectivity index (χ3v) is 2.34. The number of amides is 1. The van der Waals surface area contributed by atoms with E-state index in [2.05, 4.69) is 16.2 Å². The average Bonchev–Trinajstić information content (AvgIpc) is 2.69. The molecular formula is C10H12N2OS. The van der Waals surface area contributed by atoms with Crippen molar-refractivity contribution in [1.82, 2.24) is 10.3 Å². The van der Waals surface area contributed by atoms with Gasteiger partial charge >= 0.3 is 0 Å². The summed E-state index contributed by atoms with van der Waals surface area (Å²) in [6.45, 7) is 2.03. The van der Waals surface area contributed by atoms with Crippen molar-refractivity contribution in [2.45, 2.75) is 25.8 Å². The predicted molar refractivity (Wildman–Crippen MR) is 57.1 cm³/mol. The molecule has 1 atom stereocenters. The molecular weight excluding hydrogens is 196 g/mol. The SMILES string of the molecule is C#CC(CCC)NC(=O)c1cscn1. The maximum atomic E-state index is 11.5. The average molecular weight is 208 g/mol. The summed E-state index contributed by atoms with van der Waals surface area (Å²) in [6, 6.07) is -0.186. The van der Waals surface area contributed by atoms with Gasteiger partial charge in [-0.2, -0.15) is 0 Å². The summed E-state index contributed by atoms with van der Waals surface area (Å²) in [5.74, 6) is 2.35.